The first-order chi connectivity index (χ1) is 13.7. The van der Waals surface area contributed by atoms with Crippen molar-refractivity contribution < 1.29 is 9.53 Å². The lowest BCUT2D eigenvalue weighted by Crippen LogP contribution is -2.41. The van der Waals surface area contributed by atoms with Gasteiger partial charge in [0.25, 0.3) is 0 Å². The Kier molecular flexibility index (Phi) is 20.0. The number of carbonyl (C=O) groups excluding carboxylic acids is 1. The fraction of sp³-hybridized carbons (Fsp3) is 0.950. The number of alkyl halides is 7. The fourth-order valence-corrected chi connectivity index (χ4v) is 4.78. The van der Waals surface area contributed by atoms with Crippen molar-refractivity contribution in [1.82, 2.24) is 0 Å². The molecule has 174 valence electrons. The van der Waals surface area contributed by atoms with Gasteiger partial charge in [-0.1, -0.05) is 69.4 Å². The Labute approximate surface area is 211 Å². The molecule has 0 heterocycles. The van der Waals surface area contributed by atoms with Gasteiger partial charge in [0.05, 0.1) is 21.5 Å². The number of hydrogen-bond acceptors (Lipinski definition) is 2. The molecule has 0 saturated heterocycles. The first kappa shape index (κ1) is 30.5. The quantitative estimate of drug-likeness (QED) is 0.0964. The molecule has 0 amide bonds. The van der Waals surface area contributed by atoms with Gasteiger partial charge in [-0.15, -0.1) is 69.6 Å². The maximum atomic E-state index is 11.8. The number of carbonyl (C=O) groups is 1. The monoisotopic (exact) mass is 550 g/mol. The van der Waals surface area contributed by atoms with Crippen molar-refractivity contribution in [2.24, 2.45) is 0 Å². The molecule has 29 heavy (non-hydrogen) atoms. The highest BCUT2D eigenvalue weighted by atomic mass is 35.5. The number of hydrogen-bond donors (Lipinski definition) is 0. The van der Waals surface area contributed by atoms with Crippen LogP contribution in [-0.2, 0) is 9.53 Å². The second-order valence-electron chi connectivity index (χ2n) is 7.24. The molecule has 0 saturated carbocycles. The molecule has 6 unspecified atom stereocenters. The Hall–Kier alpha value is 1.50. The van der Waals surface area contributed by atoms with E-state index in [0.717, 1.165) is 31.6 Å². The van der Waals surface area contributed by atoms with Crippen LogP contribution in [0.15, 0.2) is 0 Å². The SMILES string of the molecule is CC(Cl)OC(=O)C(Cl)C(Cl)C(Cl)C(Cl)C(Cl)CCCCCCCCCCCCCl. The van der Waals surface area contributed by atoms with E-state index in [1.807, 2.05) is 0 Å². The van der Waals surface area contributed by atoms with E-state index in [4.69, 9.17) is 85.9 Å². The summed E-state index contributed by atoms with van der Waals surface area (Å²) in [5.74, 6) is 0.0430. The Morgan fingerprint density at radius 3 is 1.59 bits per heavy atom. The summed E-state index contributed by atoms with van der Waals surface area (Å²) < 4.78 is 4.84. The minimum absolute atomic E-state index is 0.353. The van der Waals surface area contributed by atoms with E-state index < -0.39 is 33.0 Å². The Bertz CT molecular complexity index is 412. The van der Waals surface area contributed by atoms with Crippen LogP contribution in [0.4, 0.5) is 0 Å². The fourth-order valence-electron chi connectivity index (χ4n) is 2.90. The normalized spacial score (nSPS) is 17.9. The van der Waals surface area contributed by atoms with Crippen molar-refractivity contribution in [2.75, 3.05) is 5.88 Å². The van der Waals surface area contributed by atoms with Gasteiger partial charge in [0, 0.05) is 5.88 Å². The molecule has 0 aliphatic rings. The van der Waals surface area contributed by atoms with Crippen LogP contribution in [0.1, 0.15) is 77.6 Å². The molecule has 9 heteroatoms. The number of rotatable bonds is 18. The lowest BCUT2D eigenvalue weighted by molar-refractivity contribution is -0.144. The average molecular weight is 554 g/mol. The molecular weight excluding hydrogens is 520 g/mol. The highest BCUT2D eigenvalue weighted by Crippen LogP contribution is 2.31. The summed E-state index contributed by atoms with van der Waals surface area (Å²) in [6.07, 6.45) is 12.7. The van der Waals surface area contributed by atoms with Gasteiger partial charge in [-0.05, 0) is 19.8 Å². The van der Waals surface area contributed by atoms with E-state index in [2.05, 4.69) is 0 Å². The van der Waals surface area contributed by atoms with Crippen molar-refractivity contribution in [3.05, 3.63) is 0 Å². The molecule has 0 aliphatic carbocycles. The molecule has 0 bridgehead atoms. The Balaban J connectivity index is 3.94. The first-order valence-electron chi connectivity index (χ1n) is 10.3. The van der Waals surface area contributed by atoms with Gasteiger partial charge < -0.3 is 4.74 Å². The molecule has 0 aliphatic heterocycles. The number of halogens is 7. The first-order valence-corrected chi connectivity index (χ1v) is 13.5. The minimum Gasteiger partial charge on any atom is -0.445 e. The van der Waals surface area contributed by atoms with E-state index in [0.29, 0.717) is 0 Å². The molecule has 2 nitrogen and oxygen atoms in total. The predicted octanol–water partition coefficient (Wildman–Crippen LogP) is 8.68. The highest BCUT2D eigenvalue weighted by Gasteiger charge is 2.38. The largest absolute Gasteiger partial charge is 0.445 e. The summed E-state index contributed by atoms with van der Waals surface area (Å²) >= 11 is 42.6. The van der Waals surface area contributed by atoms with Crippen molar-refractivity contribution in [1.29, 1.82) is 0 Å². The van der Waals surface area contributed by atoms with Crippen LogP contribution >= 0.6 is 81.2 Å². The van der Waals surface area contributed by atoms with E-state index >= 15 is 0 Å². The van der Waals surface area contributed by atoms with Crippen LogP contribution in [0.5, 0.6) is 0 Å². The van der Waals surface area contributed by atoms with Crippen LogP contribution in [0, 0.1) is 0 Å². The van der Waals surface area contributed by atoms with Crippen LogP contribution in [0.2, 0.25) is 0 Å². The molecule has 0 aromatic carbocycles. The summed E-state index contributed by atoms with van der Waals surface area (Å²) in [5, 5.41) is -3.82. The van der Waals surface area contributed by atoms with E-state index in [9.17, 15) is 4.79 Å². The van der Waals surface area contributed by atoms with Gasteiger partial charge in [0.15, 0.2) is 5.56 Å². The second-order valence-corrected chi connectivity index (χ2v) is 10.8. The van der Waals surface area contributed by atoms with Crippen molar-refractivity contribution >= 4 is 87.2 Å². The maximum Gasteiger partial charge on any atom is 0.327 e. The summed E-state index contributed by atoms with van der Waals surface area (Å²) in [7, 11) is 0. The number of ether oxygens (including phenoxy) is 1. The third kappa shape index (κ3) is 15.1. The van der Waals surface area contributed by atoms with Gasteiger partial charge in [0.2, 0.25) is 0 Å². The van der Waals surface area contributed by atoms with Crippen molar-refractivity contribution in [3.8, 4) is 0 Å². The average Bonchev–Trinajstić information content (AvgIpc) is 2.68. The third-order valence-electron chi connectivity index (χ3n) is 4.60. The van der Waals surface area contributed by atoms with Gasteiger partial charge in [-0.3, -0.25) is 4.79 Å². The highest BCUT2D eigenvalue weighted by molar-refractivity contribution is 6.42. The molecule has 6 atom stereocenters. The minimum atomic E-state index is -1.15. The predicted molar refractivity (Wildman–Crippen MR) is 131 cm³/mol. The molecule has 0 aromatic rings. The van der Waals surface area contributed by atoms with Crippen molar-refractivity contribution in [3.63, 3.8) is 0 Å². The number of esters is 1. The van der Waals surface area contributed by atoms with E-state index in [1.54, 1.807) is 0 Å². The molecule has 0 N–H and O–H groups in total. The third-order valence-corrected chi connectivity index (χ3v) is 8.05. The summed E-state index contributed by atoms with van der Waals surface area (Å²) in [4.78, 5) is 11.8. The molecule has 0 spiro atoms. The van der Waals surface area contributed by atoms with Crippen LogP contribution < -0.4 is 0 Å². The van der Waals surface area contributed by atoms with Gasteiger partial charge >= 0.3 is 5.97 Å². The molecule has 0 fully saturated rings. The van der Waals surface area contributed by atoms with E-state index in [1.165, 1.54) is 51.9 Å². The topological polar surface area (TPSA) is 26.3 Å². The summed E-state index contributed by atoms with van der Waals surface area (Å²) in [5.41, 5.74) is -0.801. The smallest absolute Gasteiger partial charge is 0.327 e. The zero-order valence-electron chi connectivity index (χ0n) is 16.9. The van der Waals surface area contributed by atoms with E-state index in [-0.39, 0.29) is 5.38 Å². The summed E-state index contributed by atoms with van der Waals surface area (Å²) in [6, 6.07) is 0. The molecule has 0 radical (unpaired) electrons. The van der Waals surface area contributed by atoms with Crippen molar-refractivity contribution in [2.45, 2.75) is 110 Å². The van der Waals surface area contributed by atoms with Crippen LogP contribution in [0.3, 0.4) is 0 Å². The van der Waals surface area contributed by atoms with Crippen LogP contribution in [-0.4, -0.2) is 44.3 Å². The maximum absolute atomic E-state index is 11.8. The van der Waals surface area contributed by atoms with Crippen LogP contribution in [0.25, 0.3) is 0 Å². The summed E-state index contributed by atoms with van der Waals surface area (Å²) in [6.45, 7) is 1.51. The molecule has 0 rings (SSSR count). The molecule has 0 aromatic heterocycles. The molecular formula is C20H33Cl7O2. The second kappa shape index (κ2) is 19.0. The lowest BCUT2D eigenvalue weighted by atomic mass is 10.0. The zero-order valence-corrected chi connectivity index (χ0v) is 22.2. The standard InChI is InChI=1S/C20H33Cl7O2/c1-14(22)29-20(28)19(27)18(26)17(25)16(24)15(23)12-10-8-6-4-2-3-5-7-9-11-13-21/h14-19H,2-13H2,1H3. The Morgan fingerprint density at radius 1 is 0.690 bits per heavy atom. The van der Waals surface area contributed by atoms with Gasteiger partial charge in [-0.25, -0.2) is 0 Å². The van der Waals surface area contributed by atoms with Gasteiger partial charge in [-0.2, -0.15) is 0 Å². The lowest BCUT2D eigenvalue weighted by Gasteiger charge is -2.26. The number of unbranched alkanes of at least 4 members (excludes halogenated alkanes) is 9. The van der Waals surface area contributed by atoms with Gasteiger partial charge in [0.1, 0.15) is 5.38 Å². The Morgan fingerprint density at radius 2 is 1.14 bits per heavy atom. The zero-order chi connectivity index (χ0) is 22.2.